The molecule has 1 nitrogen and oxygen atoms in total. The van der Waals surface area contributed by atoms with Gasteiger partial charge in [-0.3, -0.25) is 0 Å². The Hall–Kier alpha value is -3.49. The summed E-state index contributed by atoms with van der Waals surface area (Å²) in [5.74, 6) is 1.04. The van der Waals surface area contributed by atoms with E-state index in [0.29, 0.717) is 0 Å². The van der Waals surface area contributed by atoms with Crippen molar-refractivity contribution >= 4 is 23.6 Å². The van der Waals surface area contributed by atoms with Crippen molar-refractivity contribution in [1.29, 1.82) is 0 Å². The first-order valence-corrected chi connectivity index (χ1v) is 12.8. The van der Waals surface area contributed by atoms with Gasteiger partial charge in [-0.1, -0.05) is 97.9 Å². The van der Waals surface area contributed by atoms with Crippen LogP contribution >= 0.6 is 12.6 Å². The molecule has 0 radical (unpaired) electrons. The number of aryl methyl sites for hydroxylation is 1. The van der Waals surface area contributed by atoms with Crippen LogP contribution in [0.2, 0.25) is 0 Å². The Balaban J connectivity index is 1.74. The molecular weight excluding hydrogens is 444 g/mol. The highest BCUT2D eigenvalue weighted by Crippen LogP contribution is 2.58. The van der Waals surface area contributed by atoms with Crippen molar-refractivity contribution in [2.75, 3.05) is 0 Å². The van der Waals surface area contributed by atoms with Gasteiger partial charge in [-0.05, 0) is 58.9 Å². The van der Waals surface area contributed by atoms with E-state index < -0.39 is 5.41 Å². The smallest absolute Gasteiger partial charge is 0.142 e. The number of allylic oxidation sites excluding steroid dienone is 2. The third-order valence-electron chi connectivity index (χ3n) is 7.40. The Labute approximate surface area is 212 Å². The number of hydrogen-bond acceptors (Lipinski definition) is 2. The van der Waals surface area contributed by atoms with Crippen molar-refractivity contribution in [3.8, 4) is 11.1 Å². The van der Waals surface area contributed by atoms with E-state index in [4.69, 9.17) is 17.0 Å². The lowest BCUT2D eigenvalue weighted by atomic mass is 9.67. The van der Waals surface area contributed by atoms with E-state index >= 15 is 0 Å². The molecule has 0 fully saturated rings. The predicted octanol–water partition coefficient (Wildman–Crippen LogP) is 8.90. The number of hydrogen-bond donors (Lipinski definition) is 1. The maximum Gasteiger partial charge on any atom is 0.142 e. The molecule has 6 rings (SSSR count). The molecule has 1 aliphatic rings. The number of thiol groups is 1. The summed E-state index contributed by atoms with van der Waals surface area (Å²) in [4.78, 5) is 0.963. The summed E-state index contributed by atoms with van der Waals surface area (Å²) in [6.07, 6.45) is 6.26. The average molecular weight is 473 g/mol. The molecule has 0 amide bonds. The van der Waals surface area contributed by atoms with Gasteiger partial charge in [0.2, 0.25) is 0 Å². The summed E-state index contributed by atoms with van der Waals surface area (Å²) in [6.45, 7) is 4.34. The van der Waals surface area contributed by atoms with Gasteiger partial charge in [0.1, 0.15) is 11.3 Å². The minimum absolute atomic E-state index is 0.441. The summed E-state index contributed by atoms with van der Waals surface area (Å²) in [5, 5.41) is 1.20. The van der Waals surface area contributed by atoms with E-state index in [2.05, 4.69) is 117 Å². The zero-order valence-electron chi connectivity index (χ0n) is 20.1. The molecule has 0 saturated carbocycles. The Kier molecular flexibility index (Phi) is 5.42. The average Bonchev–Trinajstić information content (AvgIpc) is 3.37. The zero-order valence-corrected chi connectivity index (χ0v) is 21.0. The van der Waals surface area contributed by atoms with E-state index in [9.17, 15) is 0 Å². The Morgan fingerprint density at radius 1 is 0.800 bits per heavy atom. The SMILES string of the molecule is CC/C=C\Cc1oc2c3c(ccc2c1C)C(c1ccccc1)(c1ccccc1)c1cc(S)ccc1-3. The summed E-state index contributed by atoms with van der Waals surface area (Å²) in [6, 6.07) is 32.8. The molecular formula is C33H28OS. The second-order valence-electron chi connectivity index (χ2n) is 9.31. The monoisotopic (exact) mass is 472 g/mol. The van der Waals surface area contributed by atoms with E-state index in [1.54, 1.807) is 0 Å². The van der Waals surface area contributed by atoms with Crippen LogP contribution in [0.5, 0.6) is 0 Å². The largest absolute Gasteiger partial charge is 0.460 e. The van der Waals surface area contributed by atoms with Gasteiger partial charge in [-0.15, -0.1) is 12.6 Å². The van der Waals surface area contributed by atoms with Gasteiger partial charge in [-0.25, -0.2) is 0 Å². The maximum absolute atomic E-state index is 6.67. The van der Waals surface area contributed by atoms with Crippen LogP contribution in [0.15, 0.2) is 112 Å². The lowest BCUT2D eigenvalue weighted by Gasteiger charge is -2.33. The van der Waals surface area contributed by atoms with Crippen molar-refractivity contribution in [2.45, 2.75) is 37.0 Å². The fraction of sp³-hybridized carbons (Fsp3) is 0.152. The van der Waals surface area contributed by atoms with Crippen molar-refractivity contribution in [2.24, 2.45) is 0 Å². The Morgan fingerprint density at radius 3 is 2.14 bits per heavy atom. The predicted molar refractivity (Wildman–Crippen MR) is 149 cm³/mol. The highest BCUT2D eigenvalue weighted by molar-refractivity contribution is 7.80. The first-order chi connectivity index (χ1) is 17.2. The van der Waals surface area contributed by atoms with E-state index in [-0.39, 0.29) is 0 Å². The molecule has 5 aromatic rings. The summed E-state index contributed by atoms with van der Waals surface area (Å²) in [7, 11) is 0. The molecule has 0 aliphatic heterocycles. The molecule has 0 unspecified atom stereocenters. The Bertz CT molecular complexity index is 1520. The van der Waals surface area contributed by atoms with Crippen LogP contribution in [0, 0.1) is 6.92 Å². The van der Waals surface area contributed by atoms with E-state index in [1.807, 2.05) is 0 Å². The summed E-state index contributed by atoms with van der Waals surface area (Å²) >= 11 is 4.78. The molecule has 35 heavy (non-hydrogen) atoms. The minimum Gasteiger partial charge on any atom is -0.460 e. The zero-order chi connectivity index (χ0) is 24.0. The molecule has 1 heterocycles. The topological polar surface area (TPSA) is 13.1 Å². The molecule has 172 valence electrons. The highest BCUT2D eigenvalue weighted by Gasteiger charge is 2.47. The van der Waals surface area contributed by atoms with E-state index in [0.717, 1.165) is 29.1 Å². The Morgan fingerprint density at radius 2 is 1.49 bits per heavy atom. The van der Waals surface area contributed by atoms with Crippen LogP contribution in [0.1, 0.15) is 46.9 Å². The van der Waals surface area contributed by atoms with Crippen LogP contribution in [-0.4, -0.2) is 0 Å². The van der Waals surface area contributed by atoms with Gasteiger partial charge in [0.25, 0.3) is 0 Å². The second-order valence-corrected chi connectivity index (χ2v) is 9.83. The van der Waals surface area contributed by atoms with Gasteiger partial charge in [0.15, 0.2) is 0 Å². The third kappa shape index (κ3) is 3.24. The first-order valence-electron chi connectivity index (χ1n) is 12.3. The quantitative estimate of drug-likeness (QED) is 0.195. The lowest BCUT2D eigenvalue weighted by Crippen LogP contribution is -2.28. The molecule has 0 atom stereocenters. The molecule has 0 N–H and O–H groups in total. The molecule has 0 spiro atoms. The minimum atomic E-state index is -0.441. The molecule has 1 aromatic heterocycles. The summed E-state index contributed by atoms with van der Waals surface area (Å²) < 4.78 is 6.67. The van der Waals surface area contributed by atoms with Crippen molar-refractivity contribution in [1.82, 2.24) is 0 Å². The van der Waals surface area contributed by atoms with Gasteiger partial charge >= 0.3 is 0 Å². The molecule has 2 heteroatoms. The van der Waals surface area contributed by atoms with Gasteiger partial charge in [0, 0.05) is 22.3 Å². The maximum atomic E-state index is 6.67. The van der Waals surface area contributed by atoms with E-state index in [1.165, 1.54) is 44.3 Å². The number of fused-ring (bicyclic) bond motifs is 5. The van der Waals surface area contributed by atoms with Gasteiger partial charge in [0.05, 0.1) is 5.41 Å². The first kappa shape index (κ1) is 22.0. The summed E-state index contributed by atoms with van der Waals surface area (Å²) in [5.41, 5.74) is 9.22. The van der Waals surface area contributed by atoms with Crippen LogP contribution in [0.25, 0.3) is 22.1 Å². The second kappa shape index (κ2) is 8.62. The van der Waals surface area contributed by atoms with Crippen molar-refractivity contribution in [3.63, 3.8) is 0 Å². The number of benzene rings is 4. The van der Waals surface area contributed by atoms with Crippen molar-refractivity contribution in [3.05, 3.63) is 137 Å². The molecule has 0 bridgehead atoms. The lowest BCUT2D eigenvalue weighted by molar-refractivity contribution is 0.562. The van der Waals surface area contributed by atoms with Crippen LogP contribution in [-0.2, 0) is 11.8 Å². The fourth-order valence-corrected chi connectivity index (χ4v) is 6.04. The third-order valence-corrected chi connectivity index (χ3v) is 7.68. The fourth-order valence-electron chi connectivity index (χ4n) is 5.84. The molecule has 4 aromatic carbocycles. The molecule has 1 aliphatic carbocycles. The van der Waals surface area contributed by atoms with Gasteiger partial charge in [-0.2, -0.15) is 0 Å². The van der Waals surface area contributed by atoms with Crippen molar-refractivity contribution < 1.29 is 4.42 Å². The van der Waals surface area contributed by atoms with Crippen LogP contribution in [0.3, 0.4) is 0 Å². The molecule has 0 saturated heterocycles. The van der Waals surface area contributed by atoms with Crippen LogP contribution < -0.4 is 0 Å². The van der Waals surface area contributed by atoms with Gasteiger partial charge < -0.3 is 4.42 Å². The standard InChI is InChI=1S/C33H28OS/c1-3-4-7-16-30-22(2)26-19-20-28-31(32(26)34-30)27-18-17-25(35)21-29(27)33(28,23-12-8-5-9-13-23)24-14-10-6-11-15-24/h4-15,17-21,35H,3,16H2,1-2H3/b7-4-. The number of rotatable bonds is 5. The van der Waals surface area contributed by atoms with Crippen LogP contribution in [0.4, 0.5) is 0 Å². The normalized spacial score (nSPS) is 13.9. The number of furan rings is 1. The highest BCUT2D eigenvalue weighted by atomic mass is 32.1.